The molecule has 48 nitrogen and oxygen atoms in total. The highest BCUT2D eigenvalue weighted by molar-refractivity contribution is 7.80. The van der Waals surface area contributed by atoms with E-state index in [4.69, 9.17) is 28.3 Å². The van der Waals surface area contributed by atoms with Crippen molar-refractivity contribution in [3.8, 4) is 5.75 Å². The molecule has 0 aromatic heterocycles. The van der Waals surface area contributed by atoms with Crippen LogP contribution in [0.3, 0.4) is 0 Å². The third-order valence-electron chi connectivity index (χ3n) is 21.8. The van der Waals surface area contributed by atoms with E-state index in [2.05, 4.69) is 92.4 Å². The summed E-state index contributed by atoms with van der Waals surface area (Å²) >= 11 is 4.13. The number of guanidine groups is 1. The molecule has 0 bridgehead atoms. The number of unbranched alkanes of at least 4 members (excludes halogenated alkanes) is 1. The normalized spacial score (nSPS) is 17.2. The fourth-order valence-electron chi connectivity index (χ4n) is 14.2. The fraction of sp³-hybridized carbons (Fsp3) is 0.675. The molecular weight excluding hydrogens is 1750 g/mol. The zero-order valence-corrected chi connectivity index (χ0v) is 77.0. The van der Waals surface area contributed by atoms with Crippen molar-refractivity contribution in [3.05, 3.63) is 29.8 Å². The van der Waals surface area contributed by atoms with Crippen LogP contribution in [0.5, 0.6) is 5.75 Å². The zero-order chi connectivity index (χ0) is 99.7. The van der Waals surface area contributed by atoms with E-state index in [-0.39, 0.29) is 107 Å². The molecule has 1 aromatic rings. The summed E-state index contributed by atoms with van der Waals surface area (Å²) < 4.78 is 0. The molecule has 49 heteroatoms. The van der Waals surface area contributed by atoms with Crippen molar-refractivity contribution < 1.29 is 127 Å². The molecule has 0 unspecified atom stereocenters. The number of aliphatic hydroxyl groups is 2. The van der Waals surface area contributed by atoms with Crippen LogP contribution >= 0.6 is 12.6 Å². The number of carbonyl (C=O) groups is 20. The largest absolute Gasteiger partial charge is 0.508 e. The molecule has 2 saturated heterocycles. The third kappa shape index (κ3) is 38.7. The van der Waals surface area contributed by atoms with Gasteiger partial charge in [-0.25, -0.2) is 0 Å². The molecule has 740 valence electrons. The Morgan fingerprint density at radius 3 is 1.39 bits per heavy atom. The van der Waals surface area contributed by atoms with Gasteiger partial charge in [0.1, 0.15) is 102 Å². The molecule has 2 aliphatic rings. The molecule has 2 heterocycles. The highest BCUT2D eigenvalue weighted by atomic mass is 32.1. The van der Waals surface area contributed by atoms with Crippen molar-refractivity contribution in [1.82, 2.24) is 89.6 Å². The number of phenols is 1. The molecule has 30 N–H and O–H groups in total. The minimum Gasteiger partial charge on any atom is -0.508 e. The predicted octanol–water partition coefficient (Wildman–Crippen LogP) is -7.14. The summed E-state index contributed by atoms with van der Waals surface area (Å²) in [6, 6.07) is -20.8. The first kappa shape index (κ1) is 114. The number of carbonyl (C=O) groups excluding carboxylic acids is 17. The minimum atomic E-state index is -2.13. The number of amides is 17. The molecule has 17 amide bonds. The van der Waals surface area contributed by atoms with Gasteiger partial charge in [-0.3, -0.25) is 101 Å². The molecule has 1 aromatic carbocycles. The average Bonchev–Trinajstić information content (AvgIpc) is 1.64. The van der Waals surface area contributed by atoms with Crippen LogP contribution in [0.2, 0.25) is 0 Å². The first-order valence-electron chi connectivity index (χ1n) is 44.0. The van der Waals surface area contributed by atoms with Crippen molar-refractivity contribution >= 4 is 137 Å². The topological polar surface area (TPSA) is 778 Å². The number of thiol groups is 1. The van der Waals surface area contributed by atoms with Crippen LogP contribution in [0.25, 0.3) is 0 Å². The Bertz CT molecular complexity index is 4170. The van der Waals surface area contributed by atoms with Crippen molar-refractivity contribution in [2.24, 2.45) is 46.6 Å². The maximum absolute atomic E-state index is 14.7. The highest BCUT2D eigenvalue weighted by Crippen LogP contribution is 2.24. The standard InChI is InChI=1S/C83H136N22O26S/c1-11-43(8)65(103-69(117)49(17-12-13-29-84)92-67(115)48(85)33-40(2)3)79(127)95-51(25-27-61(86)109)80(128)105-32-16-20-60(105)77(125)100-57(38-107)74(122)94-52(26-28-62(110)111)81(129)104-31-15-19-59(104)76(124)93-50(18-14-30-89-83(87)88)68(116)97-55(36-63(112)113)72(120)99-56(37-106)73(121)90-44(9)66(114)102-64(42(6)7)78(126)98-54(35-46-21-23-47(108)24-22-46)71(119)96-53(34-41(4)5)70(118)101-58(39-132)75(123)91-45(10)82(130)131/h21-24,40-45,48-60,64-65,106-108,132H,11-20,25-39,84-85H2,1-10H3,(H2,86,109)(H,90,121)(H,91,123)(H,92,115)(H,93,124)(H,94,122)(H,95,127)(H,96,119)(H,97,116)(H,98,126)(H,99,120)(H,100,125)(H,101,118)(H,102,114)(H,103,117)(H,110,111)(H,112,113)(H,130,131)(H4,87,88,89)/t43-,44-,45-,48-,49-,50-,51-,52-,53-,54-,55-,56-,57-,58-,59-,60-,64-,65-/m0/s1. The Labute approximate surface area is 769 Å². The summed E-state index contributed by atoms with van der Waals surface area (Å²) in [5.74, 6) is -24.2. The lowest BCUT2D eigenvalue weighted by Crippen LogP contribution is -2.61. The highest BCUT2D eigenvalue weighted by Gasteiger charge is 2.45. The van der Waals surface area contributed by atoms with Gasteiger partial charge in [0.05, 0.1) is 25.7 Å². The Kier molecular flexibility index (Phi) is 49.5. The molecule has 0 saturated carbocycles. The maximum Gasteiger partial charge on any atom is 0.325 e. The molecule has 3 rings (SSSR count). The number of primary amides is 1. The number of carboxylic acids is 3. The van der Waals surface area contributed by atoms with Crippen LogP contribution in [-0.2, 0) is 102 Å². The number of aliphatic carboxylic acids is 3. The SMILES string of the molecule is CC[C@H](C)[C@H](NC(=O)[C@H](CCCCN)NC(=O)[C@@H](N)CC(C)C)C(=O)N[C@@H](CCC(N)=O)C(=O)N1CCC[C@H]1C(=O)N[C@@H](CO)C(=O)N[C@@H](CCC(=O)O)C(=O)N1CCC[C@H]1C(=O)N[C@@H](CCCNC(=N)N)C(=O)N[C@@H](CC(=O)O)C(=O)N[C@@H](CO)C(=O)N[C@@H](C)C(=O)N[C@H](C(=O)N[C@@H](Cc1ccc(O)cc1)C(=O)N[C@@H](CC(C)C)C(=O)N[C@@H](CS)C(=O)N[C@@H](C)C(=O)O)C(C)C. The van der Waals surface area contributed by atoms with Gasteiger partial charge in [0, 0.05) is 44.6 Å². The van der Waals surface area contributed by atoms with Gasteiger partial charge >= 0.3 is 17.9 Å². The van der Waals surface area contributed by atoms with Gasteiger partial charge in [-0.2, -0.15) is 12.6 Å². The summed E-state index contributed by atoms with van der Waals surface area (Å²) in [5.41, 5.74) is 23.2. The van der Waals surface area contributed by atoms with Crippen LogP contribution < -0.4 is 103 Å². The molecule has 2 fully saturated rings. The summed E-state index contributed by atoms with van der Waals surface area (Å²) in [6.07, 6.45) is -2.62. The number of nitrogens with one attached hydrogen (secondary N) is 16. The number of carboxylic acid groups (broad SMARTS) is 3. The van der Waals surface area contributed by atoms with E-state index in [1.807, 2.05) is 13.8 Å². The number of aromatic hydroxyl groups is 1. The second kappa shape index (κ2) is 57.2. The molecule has 0 spiro atoms. The molecule has 132 heavy (non-hydrogen) atoms. The van der Waals surface area contributed by atoms with Gasteiger partial charge in [-0.05, 0) is 145 Å². The van der Waals surface area contributed by atoms with Crippen LogP contribution in [0.15, 0.2) is 24.3 Å². The van der Waals surface area contributed by atoms with Crippen molar-refractivity contribution in [2.75, 3.05) is 45.1 Å². The summed E-state index contributed by atoms with van der Waals surface area (Å²) in [6.45, 7) is 13.3. The Morgan fingerprint density at radius 2 is 0.886 bits per heavy atom. The van der Waals surface area contributed by atoms with Gasteiger partial charge in [-0.15, -0.1) is 0 Å². The zero-order valence-electron chi connectivity index (χ0n) is 76.1. The first-order chi connectivity index (χ1) is 62.0. The third-order valence-corrected chi connectivity index (χ3v) is 22.2. The molecule has 18 atom stereocenters. The van der Waals surface area contributed by atoms with Crippen LogP contribution in [0.1, 0.15) is 184 Å². The number of hydrogen-bond donors (Lipinski definition) is 27. The minimum absolute atomic E-state index is 0.0202. The van der Waals surface area contributed by atoms with E-state index in [0.717, 1.165) is 16.7 Å². The summed E-state index contributed by atoms with van der Waals surface area (Å²) in [4.78, 5) is 276. The van der Waals surface area contributed by atoms with E-state index in [1.54, 1.807) is 27.7 Å². The summed E-state index contributed by atoms with van der Waals surface area (Å²) in [7, 11) is 0. The van der Waals surface area contributed by atoms with Crippen LogP contribution in [0.4, 0.5) is 0 Å². The van der Waals surface area contributed by atoms with E-state index < -0.39 is 284 Å². The van der Waals surface area contributed by atoms with Crippen LogP contribution in [0, 0.1) is 29.1 Å². The van der Waals surface area contributed by atoms with Gasteiger partial charge in [0.25, 0.3) is 0 Å². The Balaban J connectivity index is 1.87. The van der Waals surface area contributed by atoms with E-state index in [9.17, 15) is 127 Å². The predicted molar refractivity (Wildman–Crippen MR) is 476 cm³/mol. The van der Waals surface area contributed by atoms with Gasteiger partial charge < -0.3 is 143 Å². The lowest BCUT2D eigenvalue weighted by molar-refractivity contribution is -0.144. The van der Waals surface area contributed by atoms with Gasteiger partial charge in [-0.1, -0.05) is 73.9 Å². The molecular formula is C83H136N22O26S. The van der Waals surface area contributed by atoms with E-state index in [0.29, 0.717) is 31.2 Å². The number of aliphatic hydroxyl groups excluding tert-OH is 2. The van der Waals surface area contributed by atoms with Crippen molar-refractivity contribution in [2.45, 2.75) is 288 Å². The van der Waals surface area contributed by atoms with Crippen LogP contribution in [-0.4, -0.2) is 313 Å². The summed E-state index contributed by atoms with van der Waals surface area (Å²) in [5, 5.41) is 105. The second-order valence-corrected chi connectivity index (χ2v) is 34.3. The monoisotopic (exact) mass is 1890 g/mol. The van der Waals surface area contributed by atoms with Crippen molar-refractivity contribution in [3.63, 3.8) is 0 Å². The fourth-order valence-corrected chi connectivity index (χ4v) is 14.5. The van der Waals surface area contributed by atoms with Crippen molar-refractivity contribution in [1.29, 1.82) is 5.41 Å². The quantitative estimate of drug-likeness (QED) is 0.0125. The smallest absolute Gasteiger partial charge is 0.325 e. The number of rotatable bonds is 59. The number of nitrogens with zero attached hydrogens (tertiary/aromatic N) is 2. The maximum atomic E-state index is 14.7. The molecule has 0 radical (unpaired) electrons. The lowest BCUT2D eigenvalue weighted by atomic mass is 9.96. The average molecular weight is 1890 g/mol. The number of nitrogens with two attached hydrogens (primary N) is 4. The molecule has 0 aliphatic carbocycles. The Morgan fingerprint density at radius 1 is 0.462 bits per heavy atom. The number of hydrogen-bond acceptors (Lipinski definition) is 27. The first-order valence-corrected chi connectivity index (χ1v) is 44.6. The Hall–Kier alpha value is -12.1. The van der Waals surface area contributed by atoms with Gasteiger partial charge in [0.15, 0.2) is 5.96 Å². The number of benzene rings is 1. The second-order valence-electron chi connectivity index (χ2n) is 34.0. The van der Waals surface area contributed by atoms with E-state index >= 15 is 0 Å². The lowest BCUT2D eigenvalue weighted by Gasteiger charge is -2.32. The number of phenolic OH excluding ortho intramolecular Hbond substituents is 1. The molecule has 2 aliphatic heterocycles. The number of likely N-dealkylation sites (tertiary alicyclic amines) is 2. The van der Waals surface area contributed by atoms with E-state index in [1.165, 1.54) is 45.0 Å². The van der Waals surface area contributed by atoms with Gasteiger partial charge in [0.2, 0.25) is 100 Å².